The van der Waals surface area contributed by atoms with Crippen LogP contribution in [0.2, 0.25) is 0 Å². The Balaban J connectivity index is 1.82. The zero-order valence-corrected chi connectivity index (χ0v) is 12.1. The third kappa shape index (κ3) is 2.08. The van der Waals surface area contributed by atoms with Crippen LogP contribution in [0.5, 0.6) is 0 Å². The number of hydrogen-bond donors (Lipinski definition) is 1. The monoisotopic (exact) mass is 308 g/mol. The van der Waals surface area contributed by atoms with Crippen LogP contribution in [0, 0.1) is 6.92 Å². The summed E-state index contributed by atoms with van der Waals surface area (Å²) in [6, 6.07) is 4.54. The fourth-order valence-electron chi connectivity index (χ4n) is 3.00. The second-order valence-electron chi connectivity index (χ2n) is 5.26. The van der Waals surface area contributed by atoms with Crippen molar-refractivity contribution in [3.63, 3.8) is 0 Å². The van der Waals surface area contributed by atoms with Gasteiger partial charge in [0.05, 0.1) is 6.54 Å². The molecule has 0 radical (unpaired) electrons. The fraction of sp³-hybridized carbons (Fsp3) is 0.500. The molecule has 3 rings (SSSR count). The van der Waals surface area contributed by atoms with Gasteiger partial charge in [0.25, 0.3) is 5.91 Å². The maximum absolute atomic E-state index is 12.4. The smallest absolute Gasteiger partial charge is 0.268 e. The summed E-state index contributed by atoms with van der Waals surface area (Å²) in [4.78, 5) is 12.4. The van der Waals surface area contributed by atoms with E-state index in [4.69, 9.17) is 0 Å². The van der Waals surface area contributed by atoms with Gasteiger partial charge in [0.2, 0.25) is 0 Å². The van der Waals surface area contributed by atoms with Gasteiger partial charge in [0, 0.05) is 16.1 Å². The highest BCUT2D eigenvalue weighted by molar-refractivity contribution is 9.10. The molecule has 2 aliphatic rings. The number of fused-ring (bicyclic) bond motifs is 1. The topological polar surface area (TPSA) is 32.3 Å². The molecule has 1 aliphatic carbocycles. The number of nitrogens with one attached hydrogen (secondary N) is 1. The molecule has 96 valence electrons. The number of hydrogen-bond acceptors (Lipinski definition) is 2. The summed E-state index contributed by atoms with van der Waals surface area (Å²) in [5.41, 5.74) is 6.45. The highest BCUT2D eigenvalue weighted by atomic mass is 79.9. The van der Waals surface area contributed by atoms with E-state index in [1.54, 1.807) is 5.01 Å². The molecule has 0 atom stereocenters. The quantitative estimate of drug-likeness (QED) is 0.910. The molecule has 1 aromatic carbocycles. The van der Waals surface area contributed by atoms with E-state index >= 15 is 0 Å². The minimum Gasteiger partial charge on any atom is -0.269 e. The lowest BCUT2D eigenvalue weighted by Crippen LogP contribution is -2.43. The number of aryl methyl sites for hydroxylation is 1. The molecule has 0 aromatic heterocycles. The van der Waals surface area contributed by atoms with Gasteiger partial charge in [-0.05, 0) is 43.0 Å². The number of halogens is 1. The maximum atomic E-state index is 12.4. The fourth-order valence-corrected chi connectivity index (χ4v) is 3.62. The van der Waals surface area contributed by atoms with E-state index in [-0.39, 0.29) is 5.91 Å². The van der Waals surface area contributed by atoms with Gasteiger partial charge in [-0.25, -0.2) is 5.43 Å². The lowest BCUT2D eigenvalue weighted by molar-refractivity contribution is 0.0645. The number of rotatable bonds is 2. The van der Waals surface area contributed by atoms with Crippen LogP contribution in [0.4, 0.5) is 0 Å². The van der Waals surface area contributed by atoms with E-state index in [1.165, 1.54) is 25.7 Å². The summed E-state index contributed by atoms with van der Waals surface area (Å²) >= 11 is 3.49. The predicted octanol–water partition coefficient (Wildman–Crippen LogP) is 3.16. The molecular weight excluding hydrogens is 292 g/mol. The van der Waals surface area contributed by atoms with E-state index in [1.807, 2.05) is 13.0 Å². The van der Waals surface area contributed by atoms with Crippen molar-refractivity contribution in [2.75, 3.05) is 0 Å². The van der Waals surface area contributed by atoms with Crippen LogP contribution >= 0.6 is 15.9 Å². The van der Waals surface area contributed by atoms with Crippen LogP contribution < -0.4 is 5.43 Å². The summed E-state index contributed by atoms with van der Waals surface area (Å²) in [5, 5.41) is 1.79. The summed E-state index contributed by atoms with van der Waals surface area (Å²) < 4.78 is 1.05. The zero-order chi connectivity index (χ0) is 12.7. The number of hydrazine groups is 1. The number of benzene rings is 1. The highest BCUT2D eigenvalue weighted by Crippen LogP contribution is 2.29. The molecule has 1 fully saturated rings. The SMILES string of the molecule is Cc1cc(Br)cc2c1C(=O)N(NC1CCCC1)C2. The summed E-state index contributed by atoms with van der Waals surface area (Å²) in [6.45, 7) is 2.69. The normalized spacial score (nSPS) is 19.7. The zero-order valence-electron chi connectivity index (χ0n) is 10.5. The first-order valence-corrected chi connectivity index (χ1v) is 7.31. The van der Waals surface area contributed by atoms with Gasteiger partial charge in [0.15, 0.2) is 0 Å². The molecule has 3 nitrogen and oxygen atoms in total. The van der Waals surface area contributed by atoms with E-state index in [0.717, 1.165) is 21.2 Å². The van der Waals surface area contributed by atoms with Gasteiger partial charge in [-0.15, -0.1) is 0 Å². The van der Waals surface area contributed by atoms with Crippen molar-refractivity contribution in [2.45, 2.75) is 45.2 Å². The van der Waals surface area contributed by atoms with Gasteiger partial charge < -0.3 is 0 Å². The van der Waals surface area contributed by atoms with Crippen LogP contribution in [-0.4, -0.2) is 17.0 Å². The van der Waals surface area contributed by atoms with Crippen LogP contribution in [0.15, 0.2) is 16.6 Å². The average Bonchev–Trinajstić information content (AvgIpc) is 2.88. The van der Waals surface area contributed by atoms with Crippen molar-refractivity contribution in [3.8, 4) is 0 Å². The first-order chi connectivity index (χ1) is 8.65. The van der Waals surface area contributed by atoms with E-state index < -0.39 is 0 Å². The minimum atomic E-state index is 0.127. The van der Waals surface area contributed by atoms with Gasteiger partial charge in [-0.3, -0.25) is 9.80 Å². The molecule has 0 unspecified atom stereocenters. The Morgan fingerprint density at radius 1 is 1.33 bits per heavy atom. The standard InChI is InChI=1S/C14H17BrN2O/c1-9-6-11(15)7-10-8-17(14(18)13(9)10)16-12-4-2-3-5-12/h6-7,12,16H,2-5,8H2,1H3. The molecular formula is C14H17BrN2O. The lowest BCUT2D eigenvalue weighted by atomic mass is 10.0. The number of carbonyl (C=O) groups excluding carboxylic acids is 1. The molecule has 4 heteroatoms. The third-order valence-corrected chi connectivity index (χ3v) is 4.32. The minimum absolute atomic E-state index is 0.127. The van der Waals surface area contributed by atoms with Gasteiger partial charge in [-0.1, -0.05) is 28.8 Å². The van der Waals surface area contributed by atoms with Crippen molar-refractivity contribution < 1.29 is 4.79 Å². The van der Waals surface area contributed by atoms with Crippen molar-refractivity contribution in [1.82, 2.24) is 10.4 Å². The van der Waals surface area contributed by atoms with E-state index in [9.17, 15) is 4.79 Å². The van der Waals surface area contributed by atoms with Gasteiger partial charge in [0.1, 0.15) is 0 Å². The second kappa shape index (κ2) is 4.67. The largest absolute Gasteiger partial charge is 0.269 e. The van der Waals surface area contributed by atoms with Crippen LogP contribution in [0.25, 0.3) is 0 Å². The molecule has 1 saturated carbocycles. The molecule has 18 heavy (non-hydrogen) atoms. The van der Waals surface area contributed by atoms with Crippen LogP contribution in [0.1, 0.15) is 47.2 Å². The first kappa shape index (κ1) is 12.2. The second-order valence-corrected chi connectivity index (χ2v) is 6.17. The average molecular weight is 309 g/mol. The molecule has 1 aromatic rings. The lowest BCUT2D eigenvalue weighted by Gasteiger charge is -2.22. The first-order valence-electron chi connectivity index (χ1n) is 6.52. The Labute approximate surface area is 116 Å². The van der Waals surface area contributed by atoms with Gasteiger partial charge >= 0.3 is 0 Å². The molecule has 1 amide bonds. The predicted molar refractivity (Wildman–Crippen MR) is 74.1 cm³/mol. The number of nitrogens with zero attached hydrogens (tertiary/aromatic N) is 1. The summed E-state index contributed by atoms with van der Waals surface area (Å²) in [6.07, 6.45) is 4.92. The Kier molecular flexibility index (Phi) is 3.16. The molecule has 1 aliphatic heterocycles. The van der Waals surface area contributed by atoms with Crippen molar-refractivity contribution >= 4 is 21.8 Å². The highest BCUT2D eigenvalue weighted by Gasteiger charge is 2.31. The Morgan fingerprint density at radius 2 is 2.06 bits per heavy atom. The van der Waals surface area contributed by atoms with E-state index in [2.05, 4.69) is 27.4 Å². The van der Waals surface area contributed by atoms with Crippen LogP contribution in [0.3, 0.4) is 0 Å². The molecule has 1 N–H and O–H groups in total. The molecule has 1 heterocycles. The molecule has 0 spiro atoms. The van der Waals surface area contributed by atoms with Gasteiger partial charge in [-0.2, -0.15) is 0 Å². The van der Waals surface area contributed by atoms with Crippen molar-refractivity contribution in [2.24, 2.45) is 0 Å². The summed E-state index contributed by atoms with van der Waals surface area (Å²) in [5.74, 6) is 0.127. The molecule has 0 saturated heterocycles. The van der Waals surface area contributed by atoms with E-state index in [0.29, 0.717) is 12.6 Å². The van der Waals surface area contributed by atoms with Crippen LogP contribution in [-0.2, 0) is 6.54 Å². The Hall–Kier alpha value is -0.870. The Bertz CT molecular complexity index is 495. The van der Waals surface area contributed by atoms with Crippen molar-refractivity contribution in [1.29, 1.82) is 0 Å². The maximum Gasteiger partial charge on any atom is 0.268 e. The molecule has 0 bridgehead atoms. The summed E-state index contributed by atoms with van der Waals surface area (Å²) in [7, 11) is 0. The number of amides is 1. The van der Waals surface area contributed by atoms with Crippen molar-refractivity contribution in [3.05, 3.63) is 33.3 Å². The third-order valence-electron chi connectivity index (χ3n) is 3.86. The number of carbonyl (C=O) groups is 1. The Morgan fingerprint density at radius 3 is 2.78 bits per heavy atom.